The van der Waals surface area contributed by atoms with E-state index in [-0.39, 0.29) is 46.7 Å². The minimum Gasteiger partial charge on any atom is -0.479 e. The number of aliphatic carboxylic acids is 1. The number of allylic oxidation sites excluding steroid dienone is 3. The molecule has 0 saturated heterocycles. The van der Waals surface area contributed by atoms with Gasteiger partial charge in [-0.05, 0) is 260 Å². The van der Waals surface area contributed by atoms with E-state index in [0.717, 1.165) is 50.2 Å². The van der Waals surface area contributed by atoms with Gasteiger partial charge in [-0.15, -0.1) is 5.10 Å². The number of halogens is 1. The monoisotopic (exact) mass is 1820 g/mol. The van der Waals surface area contributed by atoms with Gasteiger partial charge in [0.05, 0.1) is 59.3 Å². The van der Waals surface area contributed by atoms with Crippen molar-refractivity contribution in [2.75, 3.05) is 44.4 Å². The zero-order chi connectivity index (χ0) is 95.3. The van der Waals surface area contributed by atoms with Crippen molar-refractivity contribution in [3.63, 3.8) is 0 Å². The molecule has 7 N–H and O–H groups in total. The number of hydrogen-bond donors (Lipinski definition) is 7. The van der Waals surface area contributed by atoms with Gasteiger partial charge in [-0.3, -0.25) is 15.0 Å². The molecule has 676 valence electrons. The van der Waals surface area contributed by atoms with Crippen LogP contribution < -0.4 is 21.3 Å². The second-order valence-electron chi connectivity index (χ2n) is 28.9. The number of aromatic nitrogens is 12. The summed E-state index contributed by atoms with van der Waals surface area (Å²) in [6.45, 7) is 16.1. The summed E-state index contributed by atoms with van der Waals surface area (Å²) >= 11 is 0. The van der Waals surface area contributed by atoms with Crippen LogP contribution in [0.4, 0.5) is 44.1 Å². The number of carbonyl (C=O) groups is 4. The van der Waals surface area contributed by atoms with Gasteiger partial charge in [-0.1, -0.05) is 51.0 Å². The van der Waals surface area contributed by atoms with Crippen molar-refractivity contribution in [2.45, 2.75) is 163 Å². The maximum atomic E-state index is 13.4. The highest BCUT2D eigenvalue weighted by atomic mass is 32.1. The van der Waals surface area contributed by atoms with E-state index in [0.29, 0.717) is 126 Å². The first kappa shape index (κ1) is 108. The number of carboxylic acid groups (broad SMARTS) is 1. The second kappa shape index (κ2) is 54.3. The summed E-state index contributed by atoms with van der Waals surface area (Å²) in [6, 6.07) is 25.3. The lowest BCUT2D eigenvalue weighted by Crippen LogP contribution is -2.49. The number of nitrogens with one attached hydrogen (secondary N) is 6. The van der Waals surface area contributed by atoms with Gasteiger partial charge < -0.3 is 50.1 Å². The number of H-pyrrole nitrogens is 2. The summed E-state index contributed by atoms with van der Waals surface area (Å²) in [5.41, 5.74) is 5.32. The average Bonchev–Trinajstić information content (AvgIpc) is 1.91. The summed E-state index contributed by atoms with van der Waals surface area (Å²) in [5.74, 6) is 76.7. The molecule has 8 heterocycles. The zero-order valence-electron chi connectivity index (χ0n) is 74.6. The molecule has 31 heteroatoms. The molecule has 11 rings (SSSR count). The third-order valence-corrected chi connectivity index (χ3v) is 18.9. The fraction of sp³-hybridized carbons (Fsp3) is 0.279. The van der Waals surface area contributed by atoms with Crippen LogP contribution in [0.1, 0.15) is 177 Å². The molecule has 4 atom stereocenters. The molecule has 0 aliphatic heterocycles. The largest absolute Gasteiger partial charge is 0.479 e. The van der Waals surface area contributed by atoms with Crippen molar-refractivity contribution in [1.29, 1.82) is 15.8 Å². The number of methoxy groups -OCH3 is 4. The number of carboxylic acids is 1. The van der Waals surface area contributed by atoms with Gasteiger partial charge in [0.1, 0.15) is 46.9 Å². The Labute approximate surface area is 793 Å². The van der Waals surface area contributed by atoms with Crippen molar-refractivity contribution >= 4 is 89.1 Å². The van der Waals surface area contributed by atoms with Gasteiger partial charge >= 0.3 is 18.0 Å². The van der Waals surface area contributed by atoms with Crippen LogP contribution in [0.25, 0.3) is 22.5 Å². The van der Waals surface area contributed by atoms with Gasteiger partial charge in [0, 0.05) is 153 Å². The van der Waals surface area contributed by atoms with Crippen LogP contribution in [0.3, 0.4) is 0 Å². The molecule has 29 nitrogen and oxygen atoms in total. The number of hydrogen-bond acceptors (Lipinski definition) is 23. The molecule has 3 unspecified atom stereocenters. The molecule has 0 fully saturated rings. The highest BCUT2D eigenvalue weighted by molar-refractivity contribution is 7.59. The Morgan fingerprint density at radius 3 is 1.19 bits per heavy atom. The zero-order valence-corrected chi connectivity index (χ0v) is 75.6. The lowest BCUT2D eigenvalue weighted by molar-refractivity contribution is -0.167. The van der Waals surface area contributed by atoms with E-state index in [2.05, 4.69) is 268 Å². The van der Waals surface area contributed by atoms with Gasteiger partial charge in [0.2, 0.25) is 0 Å². The van der Waals surface area contributed by atoms with Gasteiger partial charge in [0.25, 0.3) is 5.91 Å². The predicted octanol–water partition coefficient (Wildman–Crippen LogP) is 13.6. The molecule has 3 aliphatic carbocycles. The number of pyridine rings is 4. The topological polar surface area (TPSA) is 399 Å². The number of aromatic amines is 2. The number of esters is 1. The third kappa shape index (κ3) is 32.6. The van der Waals surface area contributed by atoms with Crippen molar-refractivity contribution in [3.05, 3.63) is 166 Å². The van der Waals surface area contributed by atoms with Gasteiger partial charge in [-0.2, -0.15) is 49.3 Å². The molecule has 1 amide bonds. The number of anilines is 6. The summed E-state index contributed by atoms with van der Waals surface area (Å²) in [5, 5.41) is 72.1. The molecule has 0 bridgehead atoms. The molecular formula is C104H92FN19O10S. The lowest BCUT2D eigenvalue weighted by Gasteiger charge is -2.34. The normalized spacial score (nSPS) is 14.4. The highest BCUT2D eigenvalue weighted by Gasteiger charge is 2.43. The van der Waals surface area contributed by atoms with Crippen LogP contribution in [0.2, 0.25) is 0 Å². The molecule has 0 radical (unpaired) electrons. The summed E-state index contributed by atoms with van der Waals surface area (Å²) in [4.78, 5) is 67.6. The van der Waals surface area contributed by atoms with Crippen LogP contribution in [0, 0.1) is 238 Å². The van der Waals surface area contributed by atoms with E-state index in [4.69, 9.17) is 23.7 Å². The standard InChI is InChI=1S/C32H6.C28H28FN9O2.C24H29N5O5.C18H19N5O3.2CH4.H2S/c1-3-5-7-9-11-13-15-17-19-21-23-25-27-29-31-32-30-28-26-24-22-20-18-16-14-12-10-8-6-4-2;1-17-12-24(37-36-17)35-26-20(13-30)4-6-23(34-26)19-8-10-28(40-3,11-9-19)27(39)33-18(2)21-5-7-25(31-14-21)38-16-22(29)15-32-38;1-15-13-19(28-29(15)22(31)34-23(2,3)4)27-20-17(14-25)7-8-18(26-20)16-9-11-24(33-6,12-10-16)21(30)32-5;1-11-9-15(23-22-11)21-16-13(10-19)3-4-14(20-16)12-5-7-18(26-2,8-6-12)17(24)25;;;/h1-2H3;4-8,12,14-16,18H,9-11H2,1-3H3,(H,33,39)(H2,34,35,36,37);7-9,13H,10-12H2,1-6H3,(H,26,27,28);3-5,9H,6-8H2,1-2H3,(H,24,25)(H2,20,21,22,23);2*1H4;1H2/t;18-,28?;;;;;/m.0...../s1. The first-order chi connectivity index (χ1) is 63.7. The number of amides is 1. The van der Waals surface area contributed by atoms with Gasteiger partial charge in [0.15, 0.2) is 40.3 Å². The van der Waals surface area contributed by atoms with Crippen LogP contribution in [-0.4, -0.2) is 140 Å². The van der Waals surface area contributed by atoms with Crippen LogP contribution >= 0.6 is 13.5 Å². The fourth-order valence-corrected chi connectivity index (χ4v) is 12.2. The third-order valence-electron chi connectivity index (χ3n) is 18.9. The smallest absolute Gasteiger partial charge is 0.435 e. The summed E-state index contributed by atoms with van der Waals surface area (Å²) in [6.07, 6.45) is 13.0. The second-order valence-corrected chi connectivity index (χ2v) is 28.9. The fourth-order valence-electron chi connectivity index (χ4n) is 12.2. The van der Waals surface area contributed by atoms with E-state index >= 15 is 0 Å². The maximum absolute atomic E-state index is 13.4. The lowest BCUT2D eigenvalue weighted by atomic mass is 9.83. The number of nitriles is 3. The molecule has 0 spiro atoms. The Kier molecular flexibility index (Phi) is 43.3. The minimum atomic E-state index is -1.18. The maximum Gasteiger partial charge on any atom is 0.435 e. The van der Waals surface area contributed by atoms with E-state index < -0.39 is 46.3 Å². The minimum absolute atomic E-state index is 0. The van der Waals surface area contributed by atoms with E-state index in [1.54, 1.807) is 90.2 Å². The molecule has 8 aromatic rings. The van der Waals surface area contributed by atoms with E-state index in [1.807, 2.05) is 63.3 Å². The predicted molar refractivity (Wildman–Crippen MR) is 516 cm³/mol. The Morgan fingerprint density at radius 2 is 0.889 bits per heavy atom. The van der Waals surface area contributed by atoms with Gasteiger partial charge in [-0.25, -0.2) is 43.4 Å². The summed E-state index contributed by atoms with van der Waals surface area (Å²) in [7, 11) is 5.79. The molecule has 0 aromatic carbocycles. The SMILES string of the molecule is C.C.CC#CC#CC#CC#CC#CC#CC#CC#CC#CC#CC#CC#CC#CC#CC#CC.COC(=O)C1(OC)CC=C(c2ccc(C#N)c(Nc3cc(C)n(C(=O)OC(C)(C)C)n3)n2)CC1.COC1(C(=O)N[C@@H](C)c2ccc(-n3cc(F)cn3)nc2)CC=C(c2ccc(C#N)c(Nc3cc(C)[nH]n3)n2)CC1.COC1(C(=O)O)CC=C(c2ccc(C#N)c(Nc3cc(C)[nH]n3)n2)CC1.S. The Morgan fingerprint density at radius 1 is 0.519 bits per heavy atom. The number of nitrogens with zero attached hydrogens (tertiary/aromatic N) is 13. The van der Waals surface area contributed by atoms with Crippen molar-refractivity contribution in [2.24, 2.45) is 0 Å². The Balaban J connectivity index is 0.000000319. The van der Waals surface area contributed by atoms with Crippen LogP contribution in [-0.2, 0) is 38.1 Å². The number of ether oxygens (including phenoxy) is 5. The van der Waals surface area contributed by atoms with E-state index in [1.165, 1.54) is 39.3 Å². The van der Waals surface area contributed by atoms with E-state index in [9.17, 15) is 44.5 Å². The average molecular weight is 1820 g/mol. The first-order valence-electron chi connectivity index (χ1n) is 40.0. The number of aryl methyl sites for hydroxylation is 3. The molecule has 8 aromatic heterocycles. The van der Waals surface area contributed by atoms with Crippen LogP contribution in [0.5, 0.6) is 0 Å². The van der Waals surface area contributed by atoms with Crippen molar-refractivity contribution < 1.29 is 52.4 Å². The summed E-state index contributed by atoms with van der Waals surface area (Å²) < 4.78 is 42.5. The Bertz CT molecular complexity index is 6930. The molecule has 3 aliphatic rings. The molecular weight excluding hydrogens is 1730 g/mol. The van der Waals surface area contributed by atoms with Crippen LogP contribution in [0.15, 0.2) is 104 Å². The molecule has 135 heavy (non-hydrogen) atoms. The first-order valence-corrected chi connectivity index (χ1v) is 40.0. The Hall–Kier alpha value is -18.0. The number of rotatable bonds is 18. The number of carbonyl (C=O) groups excluding carboxylic acids is 3. The van der Waals surface area contributed by atoms with Crippen molar-refractivity contribution in [3.8, 4) is 202 Å². The quantitative estimate of drug-likeness (QED) is 0.0310. The highest BCUT2D eigenvalue weighted by Crippen LogP contribution is 2.40. The molecule has 0 saturated carbocycles. The van der Waals surface area contributed by atoms with Crippen molar-refractivity contribution in [1.82, 2.24) is 65.2 Å².